The topological polar surface area (TPSA) is 105 Å². The van der Waals surface area contributed by atoms with Crippen molar-refractivity contribution in [2.45, 2.75) is 31.0 Å². The van der Waals surface area contributed by atoms with Crippen LogP contribution in [0.3, 0.4) is 0 Å². The van der Waals surface area contributed by atoms with Crippen molar-refractivity contribution in [2.75, 3.05) is 13.2 Å². The summed E-state index contributed by atoms with van der Waals surface area (Å²) in [5, 5.41) is 13.0. The molecule has 7 nitrogen and oxygen atoms in total. The number of alkyl carbamates (subject to hydrolysis) is 1. The van der Waals surface area contributed by atoms with Crippen LogP contribution in [0.2, 0.25) is 0 Å². The van der Waals surface area contributed by atoms with Gasteiger partial charge < -0.3 is 20.5 Å². The van der Waals surface area contributed by atoms with Crippen LogP contribution in [0.1, 0.15) is 30.4 Å². The van der Waals surface area contributed by atoms with E-state index >= 15 is 0 Å². The summed E-state index contributed by atoms with van der Waals surface area (Å²) in [6.45, 7) is 0.543. The van der Waals surface area contributed by atoms with E-state index in [1.165, 1.54) is 0 Å². The number of benzene rings is 2. The van der Waals surface area contributed by atoms with Crippen molar-refractivity contribution in [3.05, 3.63) is 59.7 Å². The summed E-state index contributed by atoms with van der Waals surface area (Å²) >= 11 is 0. The summed E-state index contributed by atoms with van der Waals surface area (Å²) in [5.74, 6) is -4.53. The Hall–Kier alpha value is -3.56. The third-order valence-corrected chi connectivity index (χ3v) is 6.48. The average molecular weight is 476 g/mol. The van der Waals surface area contributed by atoms with Gasteiger partial charge in [0.1, 0.15) is 6.61 Å². The fourth-order valence-electron chi connectivity index (χ4n) is 4.24. The lowest BCUT2D eigenvalue weighted by atomic mass is 9.98. The molecule has 0 bridgehead atoms. The molecule has 3 atom stereocenters. The van der Waals surface area contributed by atoms with E-state index in [4.69, 9.17) is 9.84 Å². The minimum absolute atomic E-state index is 0.0323. The van der Waals surface area contributed by atoms with Crippen LogP contribution >= 0.6 is 0 Å². The van der Waals surface area contributed by atoms with Gasteiger partial charge in [-0.1, -0.05) is 48.5 Å². The lowest BCUT2D eigenvalue weighted by Gasteiger charge is -2.28. The molecule has 180 valence electrons. The molecule has 0 saturated heterocycles. The number of hydrogen-bond donors (Lipinski definition) is 3. The molecule has 1 fully saturated rings. The van der Waals surface area contributed by atoms with E-state index in [0.29, 0.717) is 6.92 Å². The van der Waals surface area contributed by atoms with Crippen LogP contribution in [0.4, 0.5) is 18.0 Å². The molecule has 0 radical (unpaired) electrons. The molecule has 0 spiro atoms. The number of fused-ring (bicyclic) bond motifs is 3. The Bertz CT molecular complexity index is 1090. The maximum atomic E-state index is 13.1. The minimum Gasteiger partial charge on any atom is -0.479 e. The molecular weight excluding hydrogens is 453 g/mol. The zero-order valence-electron chi connectivity index (χ0n) is 18.2. The number of carboxylic acid groups (broad SMARTS) is 1. The lowest BCUT2D eigenvalue weighted by molar-refractivity contribution is -0.207. The summed E-state index contributed by atoms with van der Waals surface area (Å²) in [5.41, 5.74) is 0.915. The second kappa shape index (κ2) is 8.66. The van der Waals surface area contributed by atoms with Gasteiger partial charge in [-0.05, 0) is 41.5 Å². The van der Waals surface area contributed by atoms with Gasteiger partial charge in [0.15, 0.2) is 0 Å². The molecule has 2 aromatic carbocycles. The first-order valence-corrected chi connectivity index (χ1v) is 10.7. The van der Waals surface area contributed by atoms with Gasteiger partial charge in [-0.3, -0.25) is 4.79 Å². The number of alkyl halides is 3. The first-order chi connectivity index (χ1) is 16.0. The molecule has 2 aliphatic rings. The highest BCUT2D eigenvalue weighted by atomic mass is 19.4. The highest BCUT2D eigenvalue weighted by molar-refractivity contribution is 5.90. The molecule has 0 aliphatic heterocycles. The van der Waals surface area contributed by atoms with Gasteiger partial charge in [-0.15, -0.1) is 0 Å². The molecule has 2 amide bonds. The number of hydrogen-bond acceptors (Lipinski definition) is 4. The van der Waals surface area contributed by atoms with Crippen LogP contribution < -0.4 is 10.6 Å². The maximum Gasteiger partial charge on any atom is 0.422 e. The molecule has 2 aromatic rings. The van der Waals surface area contributed by atoms with Gasteiger partial charge in [0.05, 0.1) is 0 Å². The minimum atomic E-state index is -5.15. The summed E-state index contributed by atoms with van der Waals surface area (Å²) in [4.78, 5) is 35.4. The fourth-order valence-corrected chi connectivity index (χ4v) is 4.24. The number of carboxylic acids is 1. The van der Waals surface area contributed by atoms with E-state index in [1.54, 1.807) is 5.32 Å². The Kier molecular flexibility index (Phi) is 6.01. The Balaban J connectivity index is 1.28. The van der Waals surface area contributed by atoms with Gasteiger partial charge in [0, 0.05) is 18.4 Å². The van der Waals surface area contributed by atoms with Crippen LogP contribution in [0.15, 0.2) is 48.5 Å². The number of rotatable bonds is 7. The first kappa shape index (κ1) is 23.6. The number of aliphatic carboxylic acids is 1. The van der Waals surface area contributed by atoms with Gasteiger partial charge in [-0.2, -0.15) is 13.2 Å². The smallest absolute Gasteiger partial charge is 0.422 e. The maximum absolute atomic E-state index is 13.1. The molecule has 0 heterocycles. The highest BCUT2D eigenvalue weighted by Gasteiger charge is 2.60. The molecule has 3 N–H and O–H groups in total. The Labute approximate surface area is 193 Å². The van der Waals surface area contributed by atoms with Gasteiger partial charge in [0.2, 0.25) is 11.4 Å². The van der Waals surface area contributed by atoms with E-state index in [-0.39, 0.29) is 25.5 Å². The summed E-state index contributed by atoms with van der Waals surface area (Å²) < 4.78 is 44.6. The molecule has 2 aliphatic carbocycles. The predicted octanol–water partition coefficient (Wildman–Crippen LogP) is 3.68. The molecule has 34 heavy (non-hydrogen) atoms. The molecule has 4 rings (SSSR count). The second-order valence-corrected chi connectivity index (χ2v) is 8.73. The van der Waals surface area contributed by atoms with E-state index in [0.717, 1.165) is 22.3 Å². The Morgan fingerprint density at radius 1 is 1.03 bits per heavy atom. The number of carbonyl (C=O) groups excluding carboxylic acids is 2. The number of carbonyl (C=O) groups is 3. The fraction of sp³-hybridized carbons (Fsp3) is 0.375. The lowest BCUT2D eigenvalue weighted by Crippen LogP contribution is -2.62. The molecule has 0 aromatic heterocycles. The van der Waals surface area contributed by atoms with Crippen LogP contribution in [-0.2, 0) is 14.3 Å². The third-order valence-electron chi connectivity index (χ3n) is 6.48. The van der Waals surface area contributed by atoms with Gasteiger partial charge in [-0.25, -0.2) is 9.59 Å². The molecular formula is C24H23F3N2O5. The predicted molar refractivity (Wildman–Crippen MR) is 115 cm³/mol. The first-order valence-electron chi connectivity index (χ1n) is 10.7. The third kappa shape index (κ3) is 4.32. The molecule has 1 saturated carbocycles. The normalized spacial score (nSPS) is 20.5. The Morgan fingerprint density at radius 3 is 2.12 bits per heavy atom. The van der Waals surface area contributed by atoms with E-state index < -0.39 is 41.5 Å². The van der Waals surface area contributed by atoms with Crippen LogP contribution in [-0.4, -0.2) is 47.9 Å². The van der Waals surface area contributed by atoms with Crippen molar-refractivity contribution >= 4 is 18.0 Å². The van der Waals surface area contributed by atoms with Crippen molar-refractivity contribution in [1.29, 1.82) is 0 Å². The van der Waals surface area contributed by atoms with Gasteiger partial charge in [0.25, 0.3) is 0 Å². The van der Waals surface area contributed by atoms with Crippen molar-refractivity contribution in [3.8, 4) is 11.1 Å². The number of halogens is 3. The monoisotopic (exact) mass is 476 g/mol. The zero-order valence-corrected chi connectivity index (χ0v) is 18.2. The summed E-state index contributed by atoms with van der Waals surface area (Å²) in [7, 11) is 0. The standard InChI is InChI=1S/C24H23F3N2O5/c1-23(21(31)32,24(25,26)27)29-20(30)18-10-13(18)11-28-22(33)34-12-19-16-8-4-2-6-14(16)15-7-3-5-9-17(15)19/h2-9,13,18-19H,10-12H2,1H3,(H,28,33)(H,29,30)(H,31,32)/t13-,18-,23?/m1/s1. The number of ether oxygens (including phenoxy) is 1. The van der Waals surface area contributed by atoms with Crippen LogP contribution in [0.5, 0.6) is 0 Å². The van der Waals surface area contributed by atoms with Crippen LogP contribution in [0, 0.1) is 11.8 Å². The zero-order chi connectivity index (χ0) is 24.7. The summed E-state index contributed by atoms with van der Waals surface area (Å²) in [6.07, 6.45) is -5.61. The quantitative estimate of drug-likeness (QED) is 0.566. The highest BCUT2D eigenvalue weighted by Crippen LogP contribution is 2.44. The van der Waals surface area contributed by atoms with Crippen molar-refractivity contribution in [3.63, 3.8) is 0 Å². The molecule has 1 unspecified atom stereocenters. The molecule has 10 heteroatoms. The van der Waals surface area contributed by atoms with Crippen molar-refractivity contribution < 1.29 is 37.4 Å². The van der Waals surface area contributed by atoms with Gasteiger partial charge >= 0.3 is 18.2 Å². The van der Waals surface area contributed by atoms with Crippen molar-refractivity contribution in [2.24, 2.45) is 11.8 Å². The van der Waals surface area contributed by atoms with E-state index in [2.05, 4.69) is 5.32 Å². The van der Waals surface area contributed by atoms with Crippen LogP contribution in [0.25, 0.3) is 11.1 Å². The largest absolute Gasteiger partial charge is 0.479 e. The number of nitrogens with one attached hydrogen (secondary N) is 2. The Morgan fingerprint density at radius 2 is 1.59 bits per heavy atom. The van der Waals surface area contributed by atoms with E-state index in [9.17, 15) is 27.6 Å². The van der Waals surface area contributed by atoms with E-state index in [1.807, 2.05) is 48.5 Å². The average Bonchev–Trinajstić information content (AvgIpc) is 3.51. The number of amides is 2. The van der Waals surface area contributed by atoms with Crippen molar-refractivity contribution in [1.82, 2.24) is 10.6 Å². The SMILES string of the molecule is CC(NC(=O)[C@@H]1C[C@@H]1CNC(=O)OCC1c2ccccc2-c2ccccc21)(C(=O)O)C(F)(F)F. The second-order valence-electron chi connectivity index (χ2n) is 8.73. The summed E-state index contributed by atoms with van der Waals surface area (Å²) in [6, 6.07) is 15.7.